The van der Waals surface area contributed by atoms with Crippen LogP contribution in [0.15, 0.2) is 60.9 Å². The Kier molecular flexibility index (Phi) is 5.25. The van der Waals surface area contributed by atoms with Crippen molar-refractivity contribution in [3.05, 3.63) is 75.8 Å². The molecule has 1 aromatic carbocycles. The molecule has 4 aromatic rings. The van der Waals surface area contributed by atoms with E-state index < -0.39 is 0 Å². The molecule has 0 unspecified atom stereocenters. The molecular weight excluding hydrogens is 430 g/mol. The first-order valence-electron chi connectivity index (χ1n) is 10.3. The van der Waals surface area contributed by atoms with E-state index in [2.05, 4.69) is 22.2 Å². The van der Waals surface area contributed by atoms with Gasteiger partial charge in [0.25, 0.3) is 5.91 Å². The van der Waals surface area contributed by atoms with Gasteiger partial charge >= 0.3 is 0 Å². The quantitative estimate of drug-likeness (QED) is 0.503. The largest absolute Gasteiger partial charge is 0.337 e. The van der Waals surface area contributed by atoms with Gasteiger partial charge in [-0.05, 0) is 30.5 Å². The number of carbonyl (C=O) groups excluding carboxylic acids is 1. The summed E-state index contributed by atoms with van der Waals surface area (Å²) >= 11 is 7.73. The summed E-state index contributed by atoms with van der Waals surface area (Å²) in [6.45, 7) is 1.86. The molecule has 0 bridgehead atoms. The first-order chi connectivity index (χ1) is 15.1. The summed E-state index contributed by atoms with van der Waals surface area (Å²) in [5.41, 5.74) is 9.69. The molecule has 1 saturated heterocycles. The Morgan fingerprint density at radius 1 is 1.13 bits per heavy atom. The average Bonchev–Trinajstić information content (AvgIpc) is 3.42. The minimum atomic E-state index is -0.0825. The van der Waals surface area contributed by atoms with Crippen LogP contribution < -0.4 is 5.73 Å². The predicted molar refractivity (Wildman–Crippen MR) is 124 cm³/mol. The lowest BCUT2D eigenvalue weighted by Crippen LogP contribution is -2.48. The Morgan fingerprint density at radius 3 is 2.61 bits per heavy atom. The van der Waals surface area contributed by atoms with Crippen molar-refractivity contribution in [3.8, 4) is 11.3 Å². The molecule has 1 aliphatic heterocycles. The van der Waals surface area contributed by atoms with E-state index in [1.165, 1.54) is 16.9 Å². The van der Waals surface area contributed by atoms with Gasteiger partial charge in [0.15, 0.2) is 5.01 Å². The number of piperidine rings is 1. The number of pyridine rings is 1. The van der Waals surface area contributed by atoms with Crippen molar-refractivity contribution in [2.45, 2.75) is 18.3 Å². The maximum atomic E-state index is 13.2. The van der Waals surface area contributed by atoms with Crippen molar-refractivity contribution in [3.63, 3.8) is 0 Å². The number of thiazole rings is 1. The number of halogens is 1. The van der Waals surface area contributed by atoms with Gasteiger partial charge < -0.3 is 10.6 Å². The van der Waals surface area contributed by atoms with Gasteiger partial charge in [0.05, 0.1) is 11.7 Å². The molecule has 0 saturated carbocycles. The molecule has 158 valence electrons. The van der Waals surface area contributed by atoms with Crippen molar-refractivity contribution in [1.29, 1.82) is 0 Å². The summed E-state index contributed by atoms with van der Waals surface area (Å²) in [4.78, 5) is 19.7. The van der Waals surface area contributed by atoms with E-state index in [1.54, 1.807) is 10.7 Å². The number of nitrogens with two attached hydrogens (primary N) is 1. The molecule has 6 nitrogen and oxygen atoms in total. The predicted octanol–water partition coefficient (Wildman–Crippen LogP) is 4.24. The summed E-state index contributed by atoms with van der Waals surface area (Å²) in [7, 11) is 0. The topological polar surface area (TPSA) is 76.5 Å². The molecule has 0 spiro atoms. The summed E-state index contributed by atoms with van der Waals surface area (Å²) in [5, 5.41) is 4.76. The van der Waals surface area contributed by atoms with Gasteiger partial charge in [-0.3, -0.25) is 4.79 Å². The molecule has 0 atom stereocenters. The Morgan fingerprint density at radius 2 is 1.87 bits per heavy atom. The van der Waals surface area contributed by atoms with Crippen molar-refractivity contribution in [2.75, 3.05) is 19.6 Å². The first-order valence-corrected chi connectivity index (χ1v) is 11.4. The zero-order valence-corrected chi connectivity index (χ0v) is 18.4. The molecule has 1 aliphatic rings. The normalized spacial score (nSPS) is 16.0. The lowest BCUT2D eigenvalue weighted by molar-refractivity contribution is 0.0669. The first kappa shape index (κ1) is 20.2. The van der Waals surface area contributed by atoms with E-state index in [9.17, 15) is 4.79 Å². The van der Waals surface area contributed by atoms with E-state index in [-0.39, 0.29) is 11.3 Å². The Bertz CT molecular complexity index is 1230. The second-order valence-electron chi connectivity index (χ2n) is 7.87. The van der Waals surface area contributed by atoms with Crippen molar-refractivity contribution in [1.82, 2.24) is 19.5 Å². The molecule has 3 aromatic heterocycles. The van der Waals surface area contributed by atoms with E-state index in [1.807, 2.05) is 47.5 Å². The van der Waals surface area contributed by atoms with Crippen molar-refractivity contribution < 1.29 is 4.79 Å². The van der Waals surface area contributed by atoms with Gasteiger partial charge in [0.2, 0.25) is 0 Å². The zero-order valence-electron chi connectivity index (χ0n) is 16.9. The fourth-order valence-corrected chi connectivity index (χ4v) is 5.49. The molecule has 31 heavy (non-hydrogen) atoms. The minimum Gasteiger partial charge on any atom is -0.337 e. The van der Waals surface area contributed by atoms with Crippen LogP contribution in [0.3, 0.4) is 0 Å². The molecule has 0 radical (unpaired) electrons. The standard InChI is InChI=1S/C23H22ClN5OS/c24-20-19(17-14-26-29-11-5-4-8-18(17)29)27-21(31-20)22(30)28-12-9-23(15-25,10-13-28)16-6-2-1-3-7-16/h1-8,11,14H,9-10,12-13,15,25H2. The number of hydrogen-bond acceptors (Lipinski definition) is 5. The Balaban J connectivity index is 1.37. The highest BCUT2D eigenvalue weighted by Crippen LogP contribution is 2.37. The van der Waals surface area contributed by atoms with Gasteiger partial charge in [0, 0.05) is 36.8 Å². The third kappa shape index (κ3) is 3.52. The number of aromatic nitrogens is 3. The van der Waals surface area contributed by atoms with Crippen LogP contribution >= 0.6 is 22.9 Å². The summed E-state index contributed by atoms with van der Waals surface area (Å²) in [5.74, 6) is -0.0756. The highest BCUT2D eigenvalue weighted by atomic mass is 35.5. The number of amides is 1. The number of benzene rings is 1. The molecular formula is C23H22ClN5OS. The maximum Gasteiger partial charge on any atom is 0.282 e. The molecule has 4 heterocycles. The van der Waals surface area contributed by atoms with E-state index in [0.717, 1.165) is 23.9 Å². The smallest absolute Gasteiger partial charge is 0.282 e. The second-order valence-corrected chi connectivity index (χ2v) is 9.47. The van der Waals surface area contributed by atoms with Crippen LogP contribution in [0, 0.1) is 0 Å². The van der Waals surface area contributed by atoms with Crippen LogP contribution in [-0.2, 0) is 5.41 Å². The molecule has 1 fully saturated rings. The SMILES string of the molecule is NCC1(c2ccccc2)CCN(C(=O)c2nc(-c3cnn4ccccc34)c(Cl)s2)CC1. The summed E-state index contributed by atoms with van der Waals surface area (Å²) in [6.07, 6.45) is 5.27. The highest BCUT2D eigenvalue weighted by Gasteiger charge is 2.37. The molecule has 2 N–H and O–H groups in total. The van der Waals surface area contributed by atoms with Crippen LogP contribution in [0.1, 0.15) is 28.2 Å². The van der Waals surface area contributed by atoms with Crippen LogP contribution in [0.25, 0.3) is 16.8 Å². The lowest BCUT2D eigenvalue weighted by Gasteiger charge is -2.41. The summed E-state index contributed by atoms with van der Waals surface area (Å²) < 4.78 is 2.27. The van der Waals surface area contributed by atoms with Crippen molar-refractivity contribution >= 4 is 34.4 Å². The summed E-state index contributed by atoms with van der Waals surface area (Å²) in [6, 6.07) is 16.2. The third-order valence-corrected chi connectivity index (χ3v) is 7.48. The monoisotopic (exact) mass is 451 g/mol. The van der Waals surface area contributed by atoms with Gasteiger partial charge in [-0.25, -0.2) is 9.50 Å². The minimum absolute atomic E-state index is 0.0756. The number of hydrogen-bond donors (Lipinski definition) is 1. The van der Waals surface area contributed by atoms with Crippen LogP contribution in [0.5, 0.6) is 0 Å². The molecule has 1 amide bonds. The Labute approximate surface area is 189 Å². The number of nitrogens with zero attached hydrogens (tertiary/aromatic N) is 4. The van der Waals surface area contributed by atoms with Gasteiger partial charge in [0.1, 0.15) is 10.0 Å². The van der Waals surface area contributed by atoms with Crippen LogP contribution in [-0.4, -0.2) is 45.0 Å². The van der Waals surface area contributed by atoms with Crippen LogP contribution in [0.2, 0.25) is 4.34 Å². The molecule has 0 aliphatic carbocycles. The van der Waals surface area contributed by atoms with Gasteiger partial charge in [-0.2, -0.15) is 5.10 Å². The van der Waals surface area contributed by atoms with E-state index in [4.69, 9.17) is 17.3 Å². The van der Waals surface area contributed by atoms with Gasteiger partial charge in [-0.15, -0.1) is 0 Å². The second kappa shape index (κ2) is 8.07. The number of fused-ring (bicyclic) bond motifs is 1. The highest BCUT2D eigenvalue weighted by molar-refractivity contribution is 7.18. The number of rotatable bonds is 4. The fraction of sp³-hybridized carbons (Fsp3) is 0.261. The third-order valence-electron chi connectivity index (χ3n) is 6.24. The zero-order chi connectivity index (χ0) is 21.4. The fourth-order valence-electron chi connectivity index (χ4n) is 4.35. The molecule has 8 heteroatoms. The van der Waals surface area contributed by atoms with Crippen LogP contribution in [0.4, 0.5) is 0 Å². The van der Waals surface area contributed by atoms with Gasteiger partial charge in [-0.1, -0.05) is 59.3 Å². The lowest BCUT2D eigenvalue weighted by atomic mass is 9.73. The van der Waals surface area contributed by atoms with E-state index >= 15 is 0 Å². The van der Waals surface area contributed by atoms with Crippen molar-refractivity contribution in [2.24, 2.45) is 5.73 Å². The maximum absolute atomic E-state index is 13.2. The molecule has 5 rings (SSSR count). The van der Waals surface area contributed by atoms with E-state index in [0.29, 0.717) is 34.7 Å². The number of likely N-dealkylation sites (tertiary alicyclic amines) is 1. The average molecular weight is 452 g/mol. The number of carbonyl (C=O) groups is 1. The Hall–Kier alpha value is -2.74.